The number of methoxy groups -OCH3 is 1. The molecule has 5 atom stereocenters. The Kier molecular flexibility index (Phi) is 14.3. The van der Waals surface area contributed by atoms with E-state index in [2.05, 4.69) is 45.9 Å². The number of rotatable bonds is 10. The summed E-state index contributed by atoms with van der Waals surface area (Å²) in [5.74, 6) is -3.77. The van der Waals surface area contributed by atoms with Crippen LogP contribution in [0.15, 0.2) is 67.4 Å². The number of fused-ring (bicyclic) bond motifs is 6. The van der Waals surface area contributed by atoms with Gasteiger partial charge in [-0.15, -0.1) is 0 Å². The molecular formula is C51H65N7O9. The zero-order chi connectivity index (χ0) is 48.5. The predicted molar refractivity (Wildman–Crippen MR) is 253 cm³/mol. The van der Waals surface area contributed by atoms with Gasteiger partial charge in [-0.25, -0.2) is 4.79 Å². The van der Waals surface area contributed by atoms with Crippen LogP contribution >= 0.6 is 0 Å². The Morgan fingerprint density at radius 1 is 1.13 bits per heavy atom. The van der Waals surface area contributed by atoms with Crippen molar-refractivity contribution in [2.45, 2.75) is 111 Å². The van der Waals surface area contributed by atoms with E-state index in [1.54, 1.807) is 45.2 Å². The molecule has 2 aromatic carbocycles. The number of likely N-dealkylation sites (N-methyl/N-ethyl adjacent to an activating group) is 1. The second-order valence-electron chi connectivity index (χ2n) is 19.5. The molecular weight excluding hydrogens is 855 g/mol. The van der Waals surface area contributed by atoms with Crippen LogP contribution in [0.1, 0.15) is 77.6 Å². The molecule has 2 saturated heterocycles. The number of nitrogens with one attached hydrogen (secondary N) is 2. The van der Waals surface area contributed by atoms with Gasteiger partial charge in [-0.3, -0.25) is 29.2 Å². The van der Waals surface area contributed by atoms with Gasteiger partial charge >= 0.3 is 5.97 Å². The minimum atomic E-state index is -2.27. The minimum absolute atomic E-state index is 0.0406. The first kappa shape index (κ1) is 48.8. The van der Waals surface area contributed by atoms with Crippen LogP contribution in [0.2, 0.25) is 0 Å². The molecule has 0 aliphatic carbocycles. The lowest BCUT2D eigenvalue weighted by atomic mass is 9.84. The summed E-state index contributed by atoms with van der Waals surface area (Å²) in [6, 6.07) is 12.6. The number of hydrogen-bond donors (Lipinski definition) is 4. The number of phenols is 1. The number of aryl methyl sites for hydroxylation is 1. The van der Waals surface area contributed by atoms with E-state index in [9.17, 15) is 34.2 Å². The summed E-state index contributed by atoms with van der Waals surface area (Å²) in [5.41, 5.74) is 6.39. The predicted octanol–water partition coefficient (Wildman–Crippen LogP) is 5.12. The fourth-order valence-electron chi connectivity index (χ4n) is 10.2. The van der Waals surface area contributed by atoms with Gasteiger partial charge in [0.15, 0.2) is 0 Å². The zero-order valence-corrected chi connectivity index (χ0v) is 39.9. The maximum Gasteiger partial charge on any atom is 0.355 e. The number of esters is 1. The van der Waals surface area contributed by atoms with Gasteiger partial charge in [0.05, 0.1) is 30.5 Å². The standard InChI is InChI=1S/C51H65N7O9/c1-10-43(60)57-27-35(20-31(57)5)47(62)55(8)44(30(3)4)46(61)53-40-23-32-21-34(24-36(59)22-32)33-15-16-42-38(25-33)39(45(56(42)11-2)37-14-12-18-52-41(37)28-66-9)26-50(6,7)29-67-49(64)51(65)17-13-19-58(54-51)48(40)63/h10,12,14-16,18,21-22,24-25,30-31,35,40,44,54,59,65H,1,11,13,17,19-20,23,26-29H2,2-9H3,(H,53,61)/t31-,35+,40+,44-,51+/m1/s1. The van der Waals surface area contributed by atoms with E-state index in [-0.39, 0.29) is 69.2 Å². The number of hydrazine groups is 1. The van der Waals surface area contributed by atoms with Crippen molar-refractivity contribution in [1.29, 1.82) is 0 Å². The lowest BCUT2D eigenvalue weighted by molar-refractivity contribution is -0.189. The van der Waals surface area contributed by atoms with Crippen LogP contribution in [-0.4, -0.2) is 122 Å². The number of cyclic esters (lactones) is 1. The monoisotopic (exact) mass is 919 g/mol. The molecule has 7 rings (SSSR count). The number of aromatic nitrogens is 2. The second kappa shape index (κ2) is 19.6. The Morgan fingerprint density at radius 3 is 2.60 bits per heavy atom. The highest BCUT2D eigenvalue weighted by Crippen LogP contribution is 2.41. The number of aliphatic hydroxyl groups is 1. The number of amides is 4. The lowest BCUT2D eigenvalue weighted by Gasteiger charge is -2.40. The van der Waals surface area contributed by atoms with Gasteiger partial charge < -0.3 is 39.4 Å². The van der Waals surface area contributed by atoms with E-state index >= 15 is 0 Å². The fourth-order valence-corrected chi connectivity index (χ4v) is 10.2. The number of hydrogen-bond acceptors (Lipinski definition) is 11. The van der Waals surface area contributed by atoms with Crippen molar-refractivity contribution >= 4 is 40.5 Å². The SMILES string of the molecule is C=CC(=O)N1C[C@@H](C(=O)N(C)[C@@H](C(=O)N[C@H]2Cc3cc(O)cc(c3)-c3ccc4c(c3)c(c(-c3cccnc3COC)n4CC)CC(C)(C)COC(=O)[C@@]3(O)CCCN(N3)C2=O)C(C)C)C[C@H]1C. The minimum Gasteiger partial charge on any atom is -0.508 e. The molecule has 0 spiro atoms. The van der Waals surface area contributed by atoms with Crippen LogP contribution in [0.3, 0.4) is 0 Å². The Bertz CT molecular complexity index is 2570. The molecule has 6 bridgehead atoms. The highest BCUT2D eigenvalue weighted by Gasteiger charge is 2.46. The number of nitrogens with zero attached hydrogens (tertiary/aromatic N) is 5. The molecule has 0 saturated carbocycles. The number of likely N-dealkylation sites (tertiary alicyclic amines) is 1. The van der Waals surface area contributed by atoms with Gasteiger partial charge in [0, 0.05) is 80.8 Å². The number of phenolic OH excluding ortho intramolecular Hbond substituents is 1. The summed E-state index contributed by atoms with van der Waals surface area (Å²) in [6.07, 6.45) is 3.93. The van der Waals surface area contributed by atoms with Crippen molar-refractivity contribution in [1.82, 2.24) is 35.1 Å². The van der Waals surface area contributed by atoms with Gasteiger partial charge in [-0.2, -0.15) is 5.43 Å². The summed E-state index contributed by atoms with van der Waals surface area (Å²) < 4.78 is 13.8. The largest absolute Gasteiger partial charge is 0.508 e. The average Bonchev–Trinajstić information content (AvgIpc) is 3.83. The highest BCUT2D eigenvalue weighted by molar-refractivity contribution is 5.96. The van der Waals surface area contributed by atoms with Crippen LogP contribution in [0.5, 0.6) is 5.75 Å². The van der Waals surface area contributed by atoms with Crippen LogP contribution in [0.4, 0.5) is 0 Å². The number of carbonyl (C=O) groups excluding carboxylic acids is 5. The Hall–Kier alpha value is -6.10. The number of carbonyl (C=O) groups is 5. The lowest BCUT2D eigenvalue weighted by Crippen LogP contribution is -2.67. The molecule has 0 radical (unpaired) electrons. The topological polar surface area (TPSA) is 196 Å². The first-order valence-corrected chi connectivity index (χ1v) is 23.2. The van der Waals surface area contributed by atoms with Gasteiger partial charge in [-0.05, 0) is 104 Å². The number of pyridine rings is 1. The van der Waals surface area contributed by atoms with Crippen molar-refractivity contribution in [3.63, 3.8) is 0 Å². The van der Waals surface area contributed by atoms with Gasteiger partial charge in [0.25, 0.3) is 5.91 Å². The van der Waals surface area contributed by atoms with E-state index in [0.717, 1.165) is 44.0 Å². The molecule has 16 nitrogen and oxygen atoms in total. The number of aromatic hydroxyl groups is 1. The Balaban J connectivity index is 1.32. The molecule has 358 valence electrons. The van der Waals surface area contributed by atoms with Gasteiger partial charge in [0.2, 0.25) is 23.4 Å². The normalized spacial score (nSPS) is 22.6. The molecule has 67 heavy (non-hydrogen) atoms. The highest BCUT2D eigenvalue weighted by atomic mass is 16.6. The van der Waals surface area contributed by atoms with Crippen molar-refractivity contribution < 1.29 is 43.7 Å². The molecule has 4 amide bonds. The molecule has 3 aliphatic heterocycles. The molecule has 2 aromatic heterocycles. The number of ether oxygens (including phenoxy) is 2. The fraction of sp³-hybridized carbons (Fsp3) is 0.490. The van der Waals surface area contributed by atoms with Crippen LogP contribution in [0.25, 0.3) is 33.3 Å². The molecule has 4 N–H and O–H groups in total. The molecule has 3 aliphatic rings. The summed E-state index contributed by atoms with van der Waals surface area (Å²) >= 11 is 0. The van der Waals surface area contributed by atoms with E-state index in [1.165, 1.54) is 17.0 Å². The first-order chi connectivity index (χ1) is 31.8. The zero-order valence-electron chi connectivity index (χ0n) is 39.9. The summed E-state index contributed by atoms with van der Waals surface area (Å²) in [6.45, 7) is 16.3. The Morgan fingerprint density at radius 2 is 1.90 bits per heavy atom. The third-order valence-electron chi connectivity index (χ3n) is 13.4. The van der Waals surface area contributed by atoms with Crippen molar-refractivity contribution in [3.8, 4) is 28.1 Å². The van der Waals surface area contributed by atoms with E-state index in [1.807, 2.05) is 45.0 Å². The summed E-state index contributed by atoms with van der Waals surface area (Å²) in [4.78, 5) is 77.5. The molecule has 5 heterocycles. The summed E-state index contributed by atoms with van der Waals surface area (Å²) in [7, 11) is 3.18. The van der Waals surface area contributed by atoms with E-state index < -0.39 is 52.8 Å². The van der Waals surface area contributed by atoms with E-state index in [0.29, 0.717) is 30.5 Å². The Labute approximate surface area is 392 Å². The number of benzene rings is 2. The smallest absolute Gasteiger partial charge is 0.355 e. The summed E-state index contributed by atoms with van der Waals surface area (Å²) in [5, 5.41) is 28.2. The van der Waals surface area contributed by atoms with Gasteiger partial charge in [0.1, 0.15) is 17.8 Å². The van der Waals surface area contributed by atoms with Crippen molar-refractivity contribution in [2.24, 2.45) is 17.3 Å². The van der Waals surface area contributed by atoms with Crippen LogP contribution < -0.4 is 10.7 Å². The van der Waals surface area contributed by atoms with Crippen molar-refractivity contribution in [2.75, 3.05) is 33.9 Å². The van der Waals surface area contributed by atoms with E-state index in [4.69, 9.17) is 9.47 Å². The molecule has 0 unspecified atom stereocenters. The van der Waals surface area contributed by atoms with Gasteiger partial charge in [-0.1, -0.05) is 46.4 Å². The quantitative estimate of drug-likeness (QED) is 0.122. The maximum atomic E-state index is 14.8. The maximum absolute atomic E-state index is 14.8. The third-order valence-corrected chi connectivity index (χ3v) is 13.4. The van der Waals surface area contributed by atoms with Crippen LogP contribution in [0, 0.1) is 17.3 Å². The molecule has 4 aromatic rings. The average molecular weight is 920 g/mol. The molecule has 2 fully saturated rings. The molecule has 16 heteroatoms. The third kappa shape index (κ3) is 9.97. The van der Waals surface area contributed by atoms with Crippen LogP contribution in [-0.2, 0) is 59.4 Å². The second-order valence-corrected chi connectivity index (χ2v) is 19.5. The van der Waals surface area contributed by atoms with Crippen molar-refractivity contribution in [3.05, 3.63) is 84.2 Å². The first-order valence-electron chi connectivity index (χ1n) is 23.2.